The van der Waals surface area contributed by atoms with Gasteiger partial charge in [0.1, 0.15) is 5.00 Å². The van der Waals surface area contributed by atoms with Crippen molar-refractivity contribution < 1.29 is 9.32 Å². The standard InChI is InChI=1S/C18H17ClN4O2S.ClH/c19-13-6-2-1-5-11(13)14(24)21-16-12(7-10-26-16)15-22-17(23-25-15)18(20)8-3-4-9-18;/h1-2,5-7,10H,3-4,8-9,20H2,(H,21,24);1H. The van der Waals surface area contributed by atoms with Crippen LogP contribution in [-0.4, -0.2) is 16.0 Å². The van der Waals surface area contributed by atoms with E-state index in [1.807, 2.05) is 11.4 Å². The number of carbonyl (C=O) groups excluding carboxylic acids is 1. The minimum absolute atomic E-state index is 0. The van der Waals surface area contributed by atoms with E-state index in [1.165, 1.54) is 11.3 Å². The fourth-order valence-electron chi connectivity index (χ4n) is 3.15. The number of benzene rings is 1. The first-order valence-corrected chi connectivity index (χ1v) is 9.59. The maximum absolute atomic E-state index is 12.5. The van der Waals surface area contributed by atoms with E-state index in [0.717, 1.165) is 25.7 Å². The molecule has 1 amide bonds. The van der Waals surface area contributed by atoms with Gasteiger partial charge in [0.05, 0.1) is 21.7 Å². The van der Waals surface area contributed by atoms with E-state index in [4.69, 9.17) is 21.9 Å². The van der Waals surface area contributed by atoms with Crippen LogP contribution in [0.5, 0.6) is 0 Å². The number of halogens is 2. The molecule has 3 aromatic rings. The molecular formula is C18H18Cl2N4O2S. The molecule has 0 atom stereocenters. The summed E-state index contributed by atoms with van der Waals surface area (Å²) in [5.74, 6) is 0.595. The smallest absolute Gasteiger partial charge is 0.260 e. The Hall–Kier alpha value is -1.93. The summed E-state index contributed by atoms with van der Waals surface area (Å²) in [6.07, 6.45) is 3.84. The second kappa shape index (κ2) is 7.98. The van der Waals surface area contributed by atoms with Crippen LogP contribution in [0.2, 0.25) is 5.02 Å². The van der Waals surface area contributed by atoms with E-state index >= 15 is 0 Å². The highest BCUT2D eigenvalue weighted by Crippen LogP contribution is 2.37. The normalized spacial score (nSPS) is 15.3. The second-order valence-electron chi connectivity index (χ2n) is 6.38. The quantitative estimate of drug-likeness (QED) is 0.623. The van der Waals surface area contributed by atoms with Crippen LogP contribution < -0.4 is 11.1 Å². The van der Waals surface area contributed by atoms with Crippen molar-refractivity contribution in [2.45, 2.75) is 31.2 Å². The highest BCUT2D eigenvalue weighted by Gasteiger charge is 2.36. The van der Waals surface area contributed by atoms with Gasteiger partial charge in [-0.3, -0.25) is 4.79 Å². The van der Waals surface area contributed by atoms with E-state index in [-0.39, 0.29) is 18.3 Å². The number of rotatable bonds is 4. The molecule has 1 aliphatic carbocycles. The monoisotopic (exact) mass is 424 g/mol. The van der Waals surface area contributed by atoms with Gasteiger partial charge >= 0.3 is 0 Å². The minimum atomic E-state index is -0.515. The molecule has 9 heteroatoms. The van der Waals surface area contributed by atoms with Gasteiger partial charge in [0.2, 0.25) is 0 Å². The Labute approximate surface area is 171 Å². The van der Waals surface area contributed by atoms with Gasteiger partial charge in [-0.25, -0.2) is 0 Å². The Morgan fingerprint density at radius 2 is 2.00 bits per heavy atom. The zero-order valence-electron chi connectivity index (χ0n) is 14.3. The number of anilines is 1. The average Bonchev–Trinajstić information content (AvgIpc) is 3.35. The Morgan fingerprint density at radius 3 is 2.74 bits per heavy atom. The maximum atomic E-state index is 12.5. The lowest BCUT2D eigenvalue weighted by Gasteiger charge is -2.17. The predicted molar refractivity (Wildman–Crippen MR) is 109 cm³/mol. The molecule has 0 aliphatic heterocycles. The molecule has 4 rings (SSSR count). The first-order chi connectivity index (χ1) is 12.6. The lowest BCUT2D eigenvalue weighted by Crippen LogP contribution is -2.34. The van der Waals surface area contributed by atoms with Gasteiger partial charge in [-0.1, -0.05) is 41.7 Å². The highest BCUT2D eigenvalue weighted by molar-refractivity contribution is 7.15. The molecule has 6 nitrogen and oxygen atoms in total. The van der Waals surface area contributed by atoms with Crippen molar-refractivity contribution in [3.8, 4) is 11.5 Å². The molecule has 1 fully saturated rings. The Morgan fingerprint density at radius 1 is 1.26 bits per heavy atom. The van der Waals surface area contributed by atoms with E-state index in [0.29, 0.717) is 32.9 Å². The SMILES string of the molecule is Cl.NC1(c2noc(-c3ccsc3NC(=O)c3ccccc3Cl)n2)CCCC1. The van der Waals surface area contributed by atoms with Crippen molar-refractivity contribution >= 4 is 46.3 Å². The number of amides is 1. The summed E-state index contributed by atoms with van der Waals surface area (Å²) < 4.78 is 5.43. The maximum Gasteiger partial charge on any atom is 0.260 e. The third-order valence-electron chi connectivity index (χ3n) is 4.61. The fourth-order valence-corrected chi connectivity index (χ4v) is 4.15. The number of aromatic nitrogens is 2. The first kappa shape index (κ1) is 19.8. The van der Waals surface area contributed by atoms with Crippen molar-refractivity contribution in [1.29, 1.82) is 0 Å². The molecule has 2 heterocycles. The summed E-state index contributed by atoms with van der Waals surface area (Å²) in [4.78, 5) is 17.0. The van der Waals surface area contributed by atoms with Crippen molar-refractivity contribution in [1.82, 2.24) is 10.1 Å². The van der Waals surface area contributed by atoms with Crippen LogP contribution in [0.4, 0.5) is 5.00 Å². The minimum Gasteiger partial charge on any atom is -0.334 e. The molecule has 3 N–H and O–H groups in total. The van der Waals surface area contributed by atoms with Crippen LogP contribution in [0.25, 0.3) is 11.5 Å². The Balaban J connectivity index is 0.00000210. The van der Waals surface area contributed by atoms with Gasteiger partial charge < -0.3 is 15.6 Å². The number of hydrogen-bond acceptors (Lipinski definition) is 6. The molecule has 0 unspecified atom stereocenters. The van der Waals surface area contributed by atoms with E-state index in [9.17, 15) is 4.79 Å². The fraction of sp³-hybridized carbons (Fsp3) is 0.278. The average molecular weight is 425 g/mol. The number of hydrogen-bond donors (Lipinski definition) is 2. The zero-order valence-corrected chi connectivity index (χ0v) is 16.7. The van der Waals surface area contributed by atoms with Crippen LogP contribution >= 0.6 is 35.3 Å². The van der Waals surface area contributed by atoms with Gasteiger partial charge in [0.15, 0.2) is 5.82 Å². The molecule has 0 saturated heterocycles. The molecule has 2 aromatic heterocycles. The Bertz CT molecular complexity index is 950. The highest BCUT2D eigenvalue weighted by atomic mass is 35.5. The second-order valence-corrected chi connectivity index (χ2v) is 7.71. The van der Waals surface area contributed by atoms with Crippen LogP contribution in [0.15, 0.2) is 40.2 Å². The van der Waals surface area contributed by atoms with Gasteiger partial charge in [0.25, 0.3) is 11.8 Å². The van der Waals surface area contributed by atoms with Gasteiger partial charge in [0, 0.05) is 0 Å². The van der Waals surface area contributed by atoms with Crippen molar-refractivity contribution in [2.75, 3.05) is 5.32 Å². The van der Waals surface area contributed by atoms with Gasteiger partial charge in [-0.05, 0) is 36.4 Å². The summed E-state index contributed by atoms with van der Waals surface area (Å²) in [5, 5.41) is 9.83. The largest absolute Gasteiger partial charge is 0.334 e. The summed E-state index contributed by atoms with van der Waals surface area (Å²) in [6, 6.07) is 8.73. The molecule has 27 heavy (non-hydrogen) atoms. The van der Waals surface area contributed by atoms with E-state index in [2.05, 4.69) is 15.5 Å². The topological polar surface area (TPSA) is 94.0 Å². The predicted octanol–water partition coefficient (Wildman–Crippen LogP) is 4.85. The molecule has 0 bridgehead atoms. The van der Waals surface area contributed by atoms with Crippen LogP contribution in [-0.2, 0) is 5.54 Å². The van der Waals surface area contributed by atoms with Crippen LogP contribution in [0, 0.1) is 0 Å². The molecule has 0 radical (unpaired) electrons. The van der Waals surface area contributed by atoms with Crippen LogP contribution in [0.1, 0.15) is 41.9 Å². The summed E-state index contributed by atoms with van der Waals surface area (Å²) in [7, 11) is 0. The molecule has 1 aliphatic rings. The third-order valence-corrected chi connectivity index (χ3v) is 5.77. The summed E-state index contributed by atoms with van der Waals surface area (Å²) in [6.45, 7) is 0. The number of nitrogens with one attached hydrogen (secondary N) is 1. The molecular weight excluding hydrogens is 407 g/mol. The van der Waals surface area contributed by atoms with E-state index in [1.54, 1.807) is 24.3 Å². The van der Waals surface area contributed by atoms with Crippen molar-refractivity contribution in [3.63, 3.8) is 0 Å². The number of nitrogens with zero attached hydrogens (tertiary/aromatic N) is 2. The van der Waals surface area contributed by atoms with E-state index < -0.39 is 5.54 Å². The third kappa shape index (κ3) is 3.87. The Kier molecular flexibility index (Phi) is 5.86. The molecule has 1 aromatic carbocycles. The molecule has 142 valence electrons. The van der Waals surface area contributed by atoms with Crippen LogP contribution in [0.3, 0.4) is 0 Å². The lowest BCUT2D eigenvalue weighted by molar-refractivity contribution is 0.102. The number of thiophene rings is 1. The number of nitrogens with two attached hydrogens (primary N) is 1. The van der Waals surface area contributed by atoms with Gasteiger partial charge in [-0.2, -0.15) is 4.98 Å². The zero-order chi connectivity index (χ0) is 18.1. The van der Waals surface area contributed by atoms with Crippen molar-refractivity contribution in [3.05, 3.63) is 52.1 Å². The lowest BCUT2D eigenvalue weighted by atomic mass is 9.99. The summed E-state index contributed by atoms with van der Waals surface area (Å²) in [5.41, 5.74) is 6.96. The summed E-state index contributed by atoms with van der Waals surface area (Å²) >= 11 is 7.48. The van der Waals surface area contributed by atoms with Crippen molar-refractivity contribution in [2.24, 2.45) is 5.73 Å². The number of carbonyl (C=O) groups is 1. The first-order valence-electron chi connectivity index (χ1n) is 8.34. The van der Waals surface area contributed by atoms with Gasteiger partial charge in [-0.15, -0.1) is 23.7 Å². The molecule has 0 spiro atoms. The molecule has 1 saturated carbocycles.